The highest BCUT2D eigenvalue weighted by Gasteiger charge is 2.24. The number of halogens is 1. The molecule has 74 valence electrons. The molecule has 1 saturated heterocycles. The monoisotopic (exact) mass is 194 g/mol. The Morgan fingerprint density at radius 3 is 2.64 bits per heavy atom. The molecule has 0 amide bonds. The molecule has 0 bridgehead atoms. The number of Topliss-reactive ketones (excluding diaryl/α,β-unsaturated/α-hetero) is 1. The topological polar surface area (TPSA) is 26.3 Å². The van der Waals surface area contributed by atoms with Gasteiger partial charge in [-0.05, 0) is 30.7 Å². The SMILES string of the molecule is O=C(c1ccc(F)cc1)C1CCOC1. The van der Waals surface area contributed by atoms with Crippen molar-refractivity contribution >= 4 is 5.78 Å². The van der Waals surface area contributed by atoms with Gasteiger partial charge in [-0.1, -0.05) is 0 Å². The van der Waals surface area contributed by atoms with Gasteiger partial charge in [-0.3, -0.25) is 4.79 Å². The Morgan fingerprint density at radius 2 is 2.07 bits per heavy atom. The van der Waals surface area contributed by atoms with Crippen molar-refractivity contribution in [1.82, 2.24) is 0 Å². The van der Waals surface area contributed by atoms with E-state index < -0.39 is 0 Å². The molecular weight excluding hydrogens is 183 g/mol. The van der Waals surface area contributed by atoms with Gasteiger partial charge in [0.25, 0.3) is 0 Å². The van der Waals surface area contributed by atoms with E-state index in [1.54, 1.807) is 0 Å². The van der Waals surface area contributed by atoms with E-state index in [1.165, 1.54) is 24.3 Å². The van der Waals surface area contributed by atoms with Crippen LogP contribution in [0.15, 0.2) is 24.3 Å². The van der Waals surface area contributed by atoms with Gasteiger partial charge >= 0.3 is 0 Å². The van der Waals surface area contributed by atoms with Crippen LogP contribution in [0, 0.1) is 11.7 Å². The van der Waals surface area contributed by atoms with E-state index in [9.17, 15) is 9.18 Å². The van der Waals surface area contributed by atoms with Gasteiger partial charge in [0.2, 0.25) is 0 Å². The second-order valence-electron chi connectivity index (χ2n) is 3.43. The molecule has 2 nitrogen and oxygen atoms in total. The minimum absolute atomic E-state index is 0.0412. The number of benzene rings is 1. The van der Waals surface area contributed by atoms with Gasteiger partial charge in [-0.25, -0.2) is 4.39 Å². The van der Waals surface area contributed by atoms with E-state index in [0.717, 1.165) is 6.42 Å². The molecule has 1 atom stereocenters. The molecule has 1 aromatic rings. The summed E-state index contributed by atoms with van der Waals surface area (Å²) in [6.45, 7) is 1.15. The molecule has 1 aromatic carbocycles. The largest absolute Gasteiger partial charge is 0.381 e. The first-order valence-electron chi connectivity index (χ1n) is 4.65. The first-order chi connectivity index (χ1) is 6.77. The minimum Gasteiger partial charge on any atom is -0.381 e. The Bertz CT molecular complexity index is 326. The standard InChI is InChI=1S/C11H11FO2/c12-10-3-1-8(2-4-10)11(13)9-5-6-14-7-9/h1-4,9H,5-7H2. The van der Waals surface area contributed by atoms with Crippen LogP contribution in [0.2, 0.25) is 0 Å². The third-order valence-electron chi connectivity index (χ3n) is 2.43. The molecular formula is C11H11FO2. The number of ketones is 1. The van der Waals surface area contributed by atoms with E-state index >= 15 is 0 Å². The van der Waals surface area contributed by atoms with Gasteiger partial charge in [0, 0.05) is 18.1 Å². The average molecular weight is 194 g/mol. The predicted octanol–water partition coefficient (Wildman–Crippen LogP) is 2.04. The lowest BCUT2D eigenvalue weighted by Gasteiger charge is -2.05. The molecule has 1 heterocycles. The summed E-state index contributed by atoms with van der Waals surface area (Å²) in [6.07, 6.45) is 0.774. The lowest BCUT2D eigenvalue weighted by molar-refractivity contribution is 0.0900. The molecule has 1 aliphatic rings. The quantitative estimate of drug-likeness (QED) is 0.673. The summed E-state index contributed by atoms with van der Waals surface area (Å²) in [5.41, 5.74) is 0.571. The van der Waals surface area contributed by atoms with Crippen molar-refractivity contribution in [1.29, 1.82) is 0 Å². The highest BCUT2D eigenvalue weighted by atomic mass is 19.1. The van der Waals surface area contributed by atoms with Gasteiger partial charge in [0.1, 0.15) is 5.82 Å². The average Bonchev–Trinajstić information content (AvgIpc) is 2.71. The maximum atomic E-state index is 12.6. The third-order valence-corrected chi connectivity index (χ3v) is 2.43. The normalized spacial score (nSPS) is 21.1. The lowest BCUT2D eigenvalue weighted by atomic mass is 9.97. The number of carbonyl (C=O) groups is 1. The maximum absolute atomic E-state index is 12.6. The van der Waals surface area contributed by atoms with E-state index in [4.69, 9.17) is 4.74 Å². The van der Waals surface area contributed by atoms with Crippen LogP contribution in [-0.2, 0) is 4.74 Å². The predicted molar refractivity (Wildman–Crippen MR) is 49.7 cm³/mol. The summed E-state index contributed by atoms with van der Waals surface area (Å²) >= 11 is 0. The Morgan fingerprint density at radius 1 is 1.36 bits per heavy atom. The zero-order valence-electron chi connectivity index (χ0n) is 7.70. The van der Waals surface area contributed by atoms with Crippen LogP contribution in [0.3, 0.4) is 0 Å². The summed E-state index contributed by atoms with van der Waals surface area (Å²) in [4.78, 5) is 11.8. The second-order valence-corrected chi connectivity index (χ2v) is 3.43. The first-order valence-corrected chi connectivity index (χ1v) is 4.65. The molecule has 0 radical (unpaired) electrons. The molecule has 1 aliphatic heterocycles. The third kappa shape index (κ3) is 1.82. The van der Waals surface area contributed by atoms with Crippen molar-refractivity contribution in [2.24, 2.45) is 5.92 Å². The fraction of sp³-hybridized carbons (Fsp3) is 0.364. The summed E-state index contributed by atoms with van der Waals surface area (Å²) < 4.78 is 17.7. The minimum atomic E-state index is -0.316. The van der Waals surface area contributed by atoms with E-state index in [1.807, 2.05) is 0 Å². The van der Waals surface area contributed by atoms with Crippen molar-refractivity contribution < 1.29 is 13.9 Å². The van der Waals surface area contributed by atoms with Gasteiger partial charge in [-0.2, -0.15) is 0 Å². The van der Waals surface area contributed by atoms with Crippen molar-refractivity contribution in [3.63, 3.8) is 0 Å². The zero-order valence-corrected chi connectivity index (χ0v) is 7.70. The lowest BCUT2D eigenvalue weighted by Crippen LogP contribution is -2.14. The molecule has 2 rings (SSSR count). The Balaban J connectivity index is 2.14. The van der Waals surface area contributed by atoms with Crippen molar-refractivity contribution in [2.45, 2.75) is 6.42 Å². The molecule has 1 fully saturated rings. The highest BCUT2D eigenvalue weighted by Crippen LogP contribution is 2.18. The fourth-order valence-corrected chi connectivity index (χ4v) is 1.59. The van der Waals surface area contributed by atoms with E-state index in [2.05, 4.69) is 0 Å². The van der Waals surface area contributed by atoms with Crippen molar-refractivity contribution in [3.8, 4) is 0 Å². The molecule has 3 heteroatoms. The zero-order chi connectivity index (χ0) is 9.97. The summed E-state index contributed by atoms with van der Waals surface area (Å²) in [5, 5.41) is 0. The molecule has 0 N–H and O–H groups in total. The van der Waals surface area contributed by atoms with Gasteiger partial charge in [-0.15, -0.1) is 0 Å². The number of carbonyl (C=O) groups excluding carboxylic acids is 1. The number of ether oxygens (including phenoxy) is 1. The van der Waals surface area contributed by atoms with E-state index in [0.29, 0.717) is 18.8 Å². The molecule has 0 saturated carbocycles. The number of rotatable bonds is 2. The van der Waals surface area contributed by atoms with Crippen LogP contribution in [0.5, 0.6) is 0 Å². The second kappa shape index (κ2) is 3.88. The Kier molecular flexibility index (Phi) is 2.59. The smallest absolute Gasteiger partial charge is 0.168 e. The summed E-state index contributed by atoms with van der Waals surface area (Å²) in [5.74, 6) is -0.299. The van der Waals surface area contributed by atoms with Crippen molar-refractivity contribution in [3.05, 3.63) is 35.6 Å². The van der Waals surface area contributed by atoms with Gasteiger partial charge in [0.05, 0.1) is 6.61 Å². The van der Waals surface area contributed by atoms with Crippen LogP contribution in [-0.4, -0.2) is 19.0 Å². The molecule has 0 aliphatic carbocycles. The van der Waals surface area contributed by atoms with Gasteiger partial charge in [0.15, 0.2) is 5.78 Å². The highest BCUT2D eigenvalue weighted by molar-refractivity contribution is 5.98. The van der Waals surface area contributed by atoms with Crippen LogP contribution in [0.1, 0.15) is 16.8 Å². The maximum Gasteiger partial charge on any atom is 0.168 e. The van der Waals surface area contributed by atoms with Crippen LogP contribution in [0.4, 0.5) is 4.39 Å². The molecule has 14 heavy (non-hydrogen) atoms. The molecule has 0 aromatic heterocycles. The fourth-order valence-electron chi connectivity index (χ4n) is 1.59. The van der Waals surface area contributed by atoms with Crippen LogP contribution in [0.25, 0.3) is 0 Å². The summed E-state index contributed by atoms with van der Waals surface area (Å²) in [6, 6.07) is 5.66. The van der Waals surface area contributed by atoms with Crippen LogP contribution < -0.4 is 0 Å². The first kappa shape index (κ1) is 9.34. The molecule has 0 spiro atoms. The Hall–Kier alpha value is -1.22. The summed E-state index contributed by atoms with van der Waals surface area (Å²) in [7, 11) is 0. The Labute approximate surface area is 81.7 Å². The van der Waals surface area contributed by atoms with Crippen molar-refractivity contribution in [2.75, 3.05) is 13.2 Å². The van der Waals surface area contributed by atoms with Gasteiger partial charge < -0.3 is 4.74 Å². The number of hydrogen-bond donors (Lipinski definition) is 0. The van der Waals surface area contributed by atoms with E-state index in [-0.39, 0.29) is 17.5 Å². The molecule has 1 unspecified atom stereocenters. The number of hydrogen-bond acceptors (Lipinski definition) is 2. The van der Waals surface area contributed by atoms with Crippen LogP contribution >= 0.6 is 0 Å².